The maximum absolute atomic E-state index is 4.82. The molecular weight excluding hydrogens is 246 g/mol. The van der Waals surface area contributed by atoms with Gasteiger partial charge in [-0.1, -0.05) is 13.0 Å². The van der Waals surface area contributed by atoms with E-state index >= 15 is 0 Å². The lowest BCUT2D eigenvalue weighted by molar-refractivity contribution is 0.241. The summed E-state index contributed by atoms with van der Waals surface area (Å²) < 4.78 is 0. The van der Waals surface area contributed by atoms with E-state index in [-0.39, 0.29) is 0 Å². The van der Waals surface area contributed by atoms with Crippen molar-refractivity contribution >= 4 is 0 Å². The van der Waals surface area contributed by atoms with Crippen LogP contribution in [0.2, 0.25) is 0 Å². The molecule has 2 aliphatic carbocycles. The van der Waals surface area contributed by atoms with Crippen LogP contribution in [0.15, 0.2) is 18.2 Å². The summed E-state index contributed by atoms with van der Waals surface area (Å²) in [6, 6.07) is 7.33. The standard InChI is InChI=1S/C17H27N3/c1-2-10-18-11-15-4-3-5-16(19-15)13-20(17-8-9-17)12-14-6-7-14/h3-5,14,17-18H,2,6-13H2,1H3. The Labute approximate surface area is 122 Å². The van der Waals surface area contributed by atoms with Crippen LogP contribution < -0.4 is 5.32 Å². The highest BCUT2D eigenvalue weighted by Crippen LogP contribution is 2.35. The smallest absolute Gasteiger partial charge is 0.0547 e. The van der Waals surface area contributed by atoms with Gasteiger partial charge in [-0.25, -0.2) is 0 Å². The topological polar surface area (TPSA) is 28.2 Å². The van der Waals surface area contributed by atoms with Gasteiger partial charge in [0.15, 0.2) is 0 Å². The number of nitrogens with one attached hydrogen (secondary N) is 1. The van der Waals surface area contributed by atoms with Gasteiger partial charge in [0.2, 0.25) is 0 Å². The molecule has 0 spiro atoms. The maximum Gasteiger partial charge on any atom is 0.0547 e. The highest BCUT2D eigenvalue weighted by molar-refractivity contribution is 5.12. The second kappa shape index (κ2) is 6.68. The van der Waals surface area contributed by atoms with Crippen molar-refractivity contribution in [3.8, 4) is 0 Å². The van der Waals surface area contributed by atoms with E-state index in [9.17, 15) is 0 Å². The first-order valence-corrected chi connectivity index (χ1v) is 8.24. The largest absolute Gasteiger partial charge is 0.311 e. The molecule has 0 aromatic carbocycles. The van der Waals surface area contributed by atoms with E-state index in [1.54, 1.807) is 0 Å². The first-order chi connectivity index (χ1) is 9.85. The third-order valence-corrected chi connectivity index (χ3v) is 4.22. The van der Waals surface area contributed by atoms with Crippen LogP contribution in [-0.4, -0.2) is 29.0 Å². The van der Waals surface area contributed by atoms with Gasteiger partial charge in [0, 0.05) is 25.7 Å². The van der Waals surface area contributed by atoms with Gasteiger partial charge in [-0.2, -0.15) is 0 Å². The Balaban J connectivity index is 1.55. The van der Waals surface area contributed by atoms with Gasteiger partial charge >= 0.3 is 0 Å². The predicted octanol–water partition coefficient (Wildman–Crippen LogP) is 2.96. The molecule has 1 aromatic heterocycles. The minimum Gasteiger partial charge on any atom is -0.311 e. The summed E-state index contributed by atoms with van der Waals surface area (Å²) >= 11 is 0. The number of aromatic nitrogens is 1. The predicted molar refractivity (Wildman–Crippen MR) is 82.4 cm³/mol. The Kier molecular flexibility index (Phi) is 4.69. The second-order valence-electron chi connectivity index (χ2n) is 6.40. The number of hydrogen-bond acceptors (Lipinski definition) is 3. The molecule has 3 heteroatoms. The fourth-order valence-electron chi connectivity index (χ4n) is 2.73. The summed E-state index contributed by atoms with van der Waals surface area (Å²) in [5.74, 6) is 0.977. The van der Waals surface area contributed by atoms with Gasteiger partial charge in [-0.15, -0.1) is 0 Å². The SMILES string of the molecule is CCCNCc1cccc(CN(CC2CC2)C2CC2)n1. The Hall–Kier alpha value is -0.930. The molecule has 3 rings (SSSR count). The molecule has 2 saturated carbocycles. The lowest BCUT2D eigenvalue weighted by Crippen LogP contribution is -2.28. The monoisotopic (exact) mass is 273 g/mol. The Bertz CT molecular complexity index is 424. The maximum atomic E-state index is 4.82. The van der Waals surface area contributed by atoms with Crippen molar-refractivity contribution in [1.82, 2.24) is 15.2 Å². The van der Waals surface area contributed by atoms with Crippen molar-refractivity contribution in [2.45, 2.75) is 58.2 Å². The molecule has 0 amide bonds. The van der Waals surface area contributed by atoms with E-state index in [0.717, 1.165) is 31.6 Å². The van der Waals surface area contributed by atoms with E-state index in [0.29, 0.717) is 0 Å². The highest BCUT2D eigenvalue weighted by atomic mass is 15.2. The number of pyridine rings is 1. The number of hydrogen-bond donors (Lipinski definition) is 1. The third-order valence-electron chi connectivity index (χ3n) is 4.22. The summed E-state index contributed by atoms with van der Waals surface area (Å²) in [6.07, 6.45) is 6.85. The quantitative estimate of drug-likeness (QED) is 0.701. The molecule has 3 nitrogen and oxygen atoms in total. The van der Waals surface area contributed by atoms with Crippen LogP contribution >= 0.6 is 0 Å². The van der Waals surface area contributed by atoms with Crippen molar-refractivity contribution < 1.29 is 0 Å². The minimum absolute atomic E-state index is 0.847. The van der Waals surface area contributed by atoms with Crippen molar-refractivity contribution in [3.05, 3.63) is 29.6 Å². The van der Waals surface area contributed by atoms with Gasteiger partial charge in [-0.3, -0.25) is 9.88 Å². The lowest BCUT2D eigenvalue weighted by Gasteiger charge is -2.21. The zero-order chi connectivity index (χ0) is 13.8. The molecule has 0 atom stereocenters. The van der Waals surface area contributed by atoms with Gasteiger partial charge in [0.05, 0.1) is 11.4 Å². The molecule has 110 valence electrons. The van der Waals surface area contributed by atoms with Crippen LogP contribution in [0.1, 0.15) is 50.4 Å². The minimum atomic E-state index is 0.847. The average Bonchev–Trinajstić information content (AvgIpc) is 3.32. The van der Waals surface area contributed by atoms with Gasteiger partial charge in [0.1, 0.15) is 0 Å². The number of nitrogens with zero attached hydrogens (tertiary/aromatic N) is 2. The molecule has 2 fully saturated rings. The molecule has 2 aliphatic rings. The molecular formula is C17H27N3. The van der Waals surface area contributed by atoms with E-state index in [1.165, 1.54) is 50.0 Å². The Morgan fingerprint density at radius 3 is 2.70 bits per heavy atom. The third kappa shape index (κ3) is 4.29. The molecule has 20 heavy (non-hydrogen) atoms. The summed E-state index contributed by atoms with van der Waals surface area (Å²) in [5.41, 5.74) is 2.42. The van der Waals surface area contributed by atoms with Crippen LogP contribution in [0.5, 0.6) is 0 Å². The van der Waals surface area contributed by atoms with Crippen molar-refractivity contribution in [2.75, 3.05) is 13.1 Å². The van der Waals surface area contributed by atoms with Crippen LogP contribution in [0.3, 0.4) is 0 Å². The van der Waals surface area contributed by atoms with E-state index in [1.807, 2.05) is 0 Å². The Morgan fingerprint density at radius 1 is 1.20 bits per heavy atom. The van der Waals surface area contributed by atoms with E-state index in [4.69, 9.17) is 4.98 Å². The molecule has 1 N–H and O–H groups in total. The van der Waals surface area contributed by atoms with Gasteiger partial charge < -0.3 is 5.32 Å². The molecule has 1 heterocycles. The van der Waals surface area contributed by atoms with Gasteiger partial charge in [-0.05, 0) is 56.7 Å². The first kappa shape index (κ1) is 14.0. The van der Waals surface area contributed by atoms with Crippen LogP contribution in [0.4, 0.5) is 0 Å². The summed E-state index contributed by atoms with van der Waals surface area (Å²) in [5, 5.41) is 3.43. The normalized spacial score (nSPS) is 18.7. The fraction of sp³-hybridized carbons (Fsp3) is 0.706. The van der Waals surface area contributed by atoms with Crippen molar-refractivity contribution in [2.24, 2.45) is 5.92 Å². The first-order valence-electron chi connectivity index (χ1n) is 8.24. The number of rotatable bonds is 9. The van der Waals surface area contributed by atoms with E-state index < -0.39 is 0 Å². The zero-order valence-corrected chi connectivity index (χ0v) is 12.6. The molecule has 0 bridgehead atoms. The average molecular weight is 273 g/mol. The summed E-state index contributed by atoms with van der Waals surface area (Å²) in [6.45, 7) is 6.51. The van der Waals surface area contributed by atoms with Crippen LogP contribution in [0, 0.1) is 5.92 Å². The lowest BCUT2D eigenvalue weighted by atomic mass is 10.2. The van der Waals surface area contributed by atoms with Crippen molar-refractivity contribution in [3.63, 3.8) is 0 Å². The summed E-state index contributed by atoms with van der Waals surface area (Å²) in [7, 11) is 0. The zero-order valence-electron chi connectivity index (χ0n) is 12.6. The molecule has 0 unspecified atom stereocenters. The van der Waals surface area contributed by atoms with Crippen LogP contribution in [-0.2, 0) is 13.1 Å². The van der Waals surface area contributed by atoms with Crippen LogP contribution in [0.25, 0.3) is 0 Å². The van der Waals surface area contributed by atoms with Gasteiger partial charge in [0.25, 0.3) is 0 Å². The molecule has 0 radical (unpaired) electrons. The molecule has 0 aliphatic heterocycles. The molecule has 1 aromatic rings. The second-order valence-corrected chi connectivity index (χ2v) is 6.40. The van der Waals surface area contributed by atoms with Crippen molar-refractivity contribution in [1.29, 1.82) is 0 Å². The highest BCUT2D eigenvalue weighted by Gasteiger charge is 2.33. The Morgan fingerprint density at radius 2 is 2.00 bits per heavy atom. The van der Waals surface area contributed by atoms with E-state index in [2.05, 4.69) is 35.3 Å². The fourth-order valence-corrected chi connectivity index (χ4v) is 2.73. The summed E-state index contributed by atoms with van der Waals surface area (Å²) in [4.78, 5) is 7.49. The molecule has 0 saturated heterocycles.